The Morgan fingerprint density at radius 3 is 2.32 bits per heavy atom. The number of hydrogen-bond acceptors (Lipinski definition) is 10. The largest absolute Gasteiger partial charge is 0.755 e. The molecule has 1 N–H and O–H groups in total. The number of benzene rings is 3. The molecular formula is C27H28N8O5S. The van der Waals surface area contributed by atoms with Crippen LogP contribution in [0.1, 0.15) is 10.4 Å². The molecule has 0 bridgehead atoms. The van der Waals surface area contributed by atoms with Crippen LogP contribution in [0, 0.1) is 0 Å². The SMILES string of the molecule is COc1cc(Nc2nc3ccccc3nc2N(c2cccc(C(=O)N=[N+]=NCCN(C)C)c2)S(=O)[O-])cc(OC)c1. The Morgan fingerprint density at radius 2 is 1.68 bits per heavy atom. The van der Waals surface area contributed by atoms with E-state index in [4.69, 9.17) is 9.47 Å². The summed E-state index contributed by atoms with van der Waals surface area (Å²) >= 11 is -2.86. The Labute approximate surface area is 239 Å². The Balaban J connectivity index is 1.77. The summed E-state index contributed by atoms with van der Waals surface area (Å²) in [5, 5.41) is 10.6. The van der Waals surface area contributed by atoms with Gasteiger partial charge in [-0.05, 0) is 44.4 Å². The van der Waals surface area contributed by atoms with Gasteiger partial charge in [0.2, 0.25) is 10.0 Å². The quantitative estimate of drug-likeness (QED) is 0.158. The van der Waals surface area contributed by atoms with E-state index in [-0.39, 0.29) is 22.9 Å². The third-order valence-electron chi connectivity index (χ3n) is 5.68. The van der Waals surface area contributed by atoms with Gasteiger partial charge in [0.15, 0.2) is 11.6 Å². The molecule has 0 spiro atoms. The average Bonchev–Trinajstić information content (AvgIpc) is 2.96. The summed E-state index contributed by atoms with van der Waals surface area (Å²) in [7, 11) is 6.83. The maximum Gasteiger partial charge on any atom is 0.360 e. The molecule has 0 saturated carbocycles. The number of ether oxygens (including phenoxy) is 2. The summed E-state index contributed by atoms with van der Waals surface area (Å²) in [4.78, 5) is 27.4. The summed E-state index contributed by atoms with van der Waals surface area (Å²) in [5.74, 6) is 0.465. The fraction of sp³-hybridized carbons (Fsp3) is 0.222. The zero-order valence-corrected chi connectivity index (χ0v) is 23.7. The van der Waals surface area contributed by atoms with Crippen molar-refractivity contribution in [2.75, 3.05) is 51.0 Å². The van der Waals surface area contributed by atoms with E-state index in [1.807, 2.05) is 19.0 Å². The lowest BCUT2D eigenvalue weighted by molar-refractivity contribution is 0.0992. The monoisotopic (exact) mass is 576 g/mol. The lowest BCUT2D eigenvalue weighted by atomic mass is 10.2. The fourth-order valence-electron chi connectivity index (χ4n) is 3.70. The van der Waals surface area contributed by atoms with Crippen molar-refractivity contribution in [3.05, 3.63) is 72.3 Å². The van der Waals surface area contributed by atoms with Crippen LogP contribution in [-0.2, 0) is 11.3 Å². The van der Waals surface area contributed by atoms with Gasteiger partial charge >= 0.3 is 5.91 Å². The van der Waals surface area contributed by atoms with Crippen LogP contribution in [0.4, 0.5) is 23.0 Å². The molecule has 4 aromatic rings. The molecule has 0 aliphatic heterocycles. The molecule has 0 radical (unpaired) electrons. The second-order valence-electron chi connectivity index (χ2n) is 8.84. The molecule has 41 heavy (non-hydrogen) atoms. The number of nitrogens with one attached hydrogen (secondary N) is 1. The fourth-order valence-corrected chi connectivity index (χ4v) is 4.25. The topological polar surface area (TPSA) is 159 Å². The maximum atomic E-state index is 12.7. The number of rotatable bonds is 11. The van der Waals surface area contributed by atoms with Crippen molar-refractivity contribution in [2.45, 2.75) is 0 Å². The number of para-hydroxylation sites is 2. The summed E-state index contributed by atoms with van der Waals surface area (Å²) < 4.78 is 37.0. The van der Waals surface area contributed by atoms with E-state index in [9.17, 15) is 13.6 Å². The summed E-state index contributed by atoms with van der Waals surface area (Å²) in [5.41, 5.74) is 1.77. The molecule has 14 heteroatoms. The Bertz CT molecular complexity index is 1620. The van der Waals surface area contributed by atoms with Gasteiger partial charge in [0, 0.05) is 30.4 Å². The minimum Gasteiger partial charge on any atom is -0.755 e. The lowest BCUT2D eigenvalue weighted by Crippen LogP contribution is -2.22. The second-order valence-corrected chi connectivity index (χ2v) is 9.63. The minimum absolute atomic E-state index is 0.0243. The van der Waals surface area contributed by atoms with Gasteiger partial charge in [-0.2, -0.15) is 0 Å². The molecule has 1 unspecified atom stereocenters. The minimum atomic E-state index is -2.86. The molecule has 1 heterocycles. The molecule has 1 aromatic heterocycles. The number of carbonyl (C=O) groups is 1. The molecule has 1 amide bonds. The number of nitrogens with zero attached hydrogens (tertiary/aromatic N) is 7. The van der Waals surface area contributed by atoms with Crippen molar-refractivity contribution in [2.24, 2.45) is 10.2 Å². The van der Waals surface area contributed by atoms with Crippen LogP contribution >= 0.6 is 0 Å². The number of likely N-dealkylation sites (N-methyl/N-ethyl adjacent to an activating group) is 1. The zero-order chi connectivity index (χ0) is 29.4. The first-order valence-corrected chi connectivity index (χ1v) is 13.3. The number of aromatic nitrogens is 2. The summed E-state index contributed by atoms with van der Waals surface area (Å²) in [6, 6.07) is 18.1. The van der Waals surface area contributed by atoms with Gasteiger partial charge in [-0.15, -0.1) is 0 Å². The normalized spacial score (nSPS) is 11.5. The van der Waals surface area contributed by atoms with Gasteiger partial charge in [0.05, 0.1) is 47.8 Å². The number of amides is 1. The maximum absolute atomic E-state index is 12.7. The molecule has 0 fully saturated rings. The van der Waals surface area contributed by atoms with E-state index in [2.05, 4.69) is 30.4 Å². The highest BCUT2D eigenvalue weighted by Crippen LogP contribution is 2.36. The Morgan fingerprint density at radius 1 is 1.00 bits per heavy atom. The first kappa shape index (κ1) is 29.2. The van der Waals surface area contributed by atoms with Crippen LogP contribution in [0.3, 0.4) is 0 Å². The molecule has 0 saturated heterocycles. The molecule has 212 valence electrons. The van der Waals surface area contributed by atoms with Gasteiger partial charge < -0.3 is 24.2 Å². The summed E-state index contributed by atoms with van der Waals surface area (Å²) in [6.45, 7) is 1.03. The predicted octanol–water partition coefficient (Wildman–Crippen LogP) is 4.00. The third kappa shape index (κ3) is 7.47. The van der Waals surface area contributed by atoms with Crippen LogP contribution in [0.5, 0.6) is 11.5 Å². The van der Waals surface area contributed by atoms with Gasteiger partial charge in [-0.3, -0.25) is 13.3 Å². The van der Waals surface area contributed by atoms with E-state index in [0.29, 0.717) is 41.3 Å². The Kier molecular flexibility index (Phi) is 9.66. The van der Waals surface area contributed by atoms with Crippen molar-refractivity contribution in [1.29, 1.82) is 0 Å². The van der Waals surface area contributed by atoms with Crippen molar-refractivity contribution < 1.29 is 23.0 Å². The van der Waals surface area contributed by atoms with Crippen LogP contribution < -0.4 is 24.0 Å². The number of methoxy groups -OCH3 is 2. The lowest BCUT2D eigenvalue weighted by Gasteiger charge is -2.27. The molecule has 1 atom stereocenters. The molecule has 3 aromatic carbocycles. The van der Waals surface area contributed by atoms with Crippen molar-refractivity contribution in [1.82, 2.24) is 19.8 Å². The average molecular weight is 577 g/mol. The zero-order valence-electron chi connectivity index (χ0n) is 22.8. The first-order valence-electron chi connectivity index (χ1n) is 12.3. The molecule has 4 rings (SSSR count). The predicted molar refractivity (Wildman–Crippen MR) is 155 cm³/mol. The van der Waals surface area contributed by atoms with Gasteiger partial charge in [-0.1, -0.05) is 18.2 Å². The van der Waals surface area contributed by atoms with E-state index in [1.54, 1.807) is 42.5 Å². The highest BCUT2D eigenvalue weighted by molar-refractivity contribution is 7.81. The molecule has 13 nitrogen and oxygen atoms in total. The van der Waals surface area contributed by atoms with Crippen LogP contribution in [0.15, 0.2) is 77.0 Å². The molecule has 0 aliphatic carbocycles. The second kappa shape index (κ2) is 13.5. The molecule has 0 aliphatic rings. The highest BCUT2D eigenvalue weighted by Gasteiger charge is 2.22. The van der Waals surface area contributed by atoms with Gasteiger partial charge in [0.25, 0.3) is 0 Å². The number of hydrogen-bond donors (Lipinski definition) is 1. The van der Waals surface area contributed by atoms with E-state index < -0.39 is 17.2 Å². The van der Waals surface area contributed by atoms with E-state index in [0.717, 1.165) is 4.31 Å². The van der Waals surface area contributed by atoms with E-state index in [1.165, 1.54) is 38.5 Å². The first-order chi connectivity index (χ1) is 19.8. The number of anilines is 4. The van der Waals surface area contributed by atoms with Crippen LogP contribution in [-0.4, -0.2) is 70.9 Å². The van der Waals surface area contributed by atoms with E-state index >= 15 is 0 Å². The molecular weight excluding hydrogens is 548 g/mol. The Hall–Kier alpha value is -4.75. The standard InChI is InChI=1S/C27H28N8O5S/c1-34(2)13-12-28-33-32-27(36)18-8-7-9-20(14-18)35(41(37)38)26-25(30-23-10-5-6-11-24(23)31-26)29-19-15-21(39-3)17-22(16-19)40-4/h5-11,14-17H,12-13H2,1-4H3,(H-,29,30,37,38). The van der Waals surface area contributed by atoms with Gasteiger partial charge in [0.1, 0.15) is 23.2 Å². The van der Waals surface area contributed by atoms with Crippen molar-refractivity contribution in [3.8, 4) is 11.5 Å². The van der Waals surface area contributed by atoms with Crippen LogP contribution in [0.25, 0.3) is 11.0 Å². The number of fused-ring (bicyclic) bond motifs is 1. The number of carbonyl (C=O) groups excluding carboxylic acids is 1. The smallest absolute Gasteiger partial charge is 0.360 e. The highest BCUT2D eigenvalue weighted by atomic mass is 32.2. The van der Waals surface area contributed by atoms with Crippen molar-refractivity contribution in [3.63, 3.8) is 0 Å². The summed E-state index contributed by atoms with van der Waals surface area (Å²) in [6.07, 6.45) is 0. The third-order valence-corrected chi connectivity index (χ3v) is 6.36. The van der Waals surface area contributed by atoms with Crippen molar-refractivity contribution >= 4 is 51.2 Å². The van der Waals surface area contributed by atoms with Gasteiger partial charge in [-0.25, -0.2) is 9.97 Å². The van der Waals surface area contributed by atoms with Crippen LogP contribution in [0.2, 0.25) is 0 Å².